The quantitative estimate of drug-likeness (QED) is 0.329. The van der Waals surface area contributed by atoms with E-state index in [0.717, 1.165) is 24.0 Å². The molecule has 1 aliphatic rings. The molecule has 0 aliphatic carbocycles. The van der Waals surface area contributed by atoms with Crippen LogP contribution in [0.2, 0.25) is 5.02 Å². The molecule has 9 heteroatoms. The average Bonchev–Trinajstić information content (AvgIpc) is 3.24. The van der Waals surface area contributed by atoms with Crippen molar-refractivity contribution in [3.05, 3.63) is 101 Å². The summed E-state index contributed by atoms with van der Waals surface area (Å²) in [5.41, 5.74) is 0.697. The lowest BCUT2D eigenvalue weighted by atomic mass is 10.0. The highest BCUT2D eigenvalue weighted by molar-refractivity contribution is 6.30. The average molecular weight is 544 g/mol. The topological polar surface area (TPSA) is 59.7 Å². The van der Waals surface area contributed by atoms with Crippen LogP contribution in [-0.4, -0.2) is 29.7 Å². The lowest BCUT2D eigenvalue weighted by Gasteiger charge is -2.28. The minimum Gasteiger partial charge on any atom is -0.457 e. The van der Waals surface area contributed by atoms with Gasteiger partial charge in [0.05, 0.1) is 24.3 Å². The van der Waals surface area contributed by atoms with Crippen LogP contribution in [0, 0.1) is 11.3 Å². The maximum atomic E-state index is 13.4. The van der Waals surface area contributed by atoms with Crippen LogP contribution >= 0.6 is 11.6 Å². The summed E-state index contributed by atoms with van der Waals surface area (Å²) in [4.78, 5) is 4.03. The molecule has 5 nitrogen and oxygen atoms in total. The first-order chi connectivity index (χ1) is 18.2. The van der Waals surface area contributed by atoms with E-state index in [1.54, 1.807) is 36.4 Å². The summed E-state index contributed by atoms with van der Waals surface area (Å²) in [7, 11) is 0. The molecule has 1 unspecified atom stereocenters. The SMILES string of the molecule is CC#N.CC/C=C1/N(CCO)CC(c2cccc(C(F)(F)F)c2)N1c1ccc(Oc2ccc(Cl)cc2)cc1. The third-order valence-corrected chi connectivity index (χ3v) is 6.05. The van der Waals surface area contributed by atoms with Crippen LogP contribution in [0.4, 0.5) is 18.9 Å². The van der Waals surface area contributed by atoms with E-state index in [2.05, 4.69) is 0 Å². The second-order valence-electron chi connectivity index (χ2n) is 8.42. The van der Waals surface area contributed by atoms with E-state index >= 15 is 0 Å². The Hall–Kier alpha value is -3.67. The minimum absolute atomic E-state index is 0.0575. The summed E-state index contributed by atoms with van der Waals surface area (Å²) in [6.45, 7) is 4.22. The van der Waals surface area contributed by atoms with E-state index in [1.807, 2.05) is 47.1 Å². The van der Waals surface area contributed by atoms with Crippen LogP contribution in [0.1, 0.15) is 37.4 Å². The van der Waals surface area contributed by atoms with Crippen molar-refractivity contribution in [2.45, 2.75) is 32.5 Å². The van der Waals surface area contributed by atoms with Gasteiger partial charge < -0.3 is 19.6 Å². The number of hydrogen-bond donors (Lipinski definition) is 1. The molecule has 1 aliphatic heterocycles. The molecule has 0 bridgehead atoms. The zero-order chi connectivity index (χ0) is 27.7. The number of ether oxygens (including phenoxy) is 1. The Morgan fingerprint density at radius 2 is 1.68 bits per heavy atom. The van der Waals surface area contributed by atoms with Crippen LogP contribution in [0.5, 0.6) is 11.5 Å². The smallest absolute Gasteiger partial charge is 0.416 e. The van der Waals surface area contributed by atoms with E-state index < -0.39 is 11.7 Å². The monoisotopic (exact) mass is 543 g/mol. The molecular weight excluding hydrogens is 515 g/mol. The molecule has 0 aromatic heterocycles. The first-order valence-corrected chi connectivity index (χ1v) is 12.5. The maximum Gasteiger partial charge on any atom is 0.416 e. The van der Waals surface area contributed by atoms with Gasteiger partial charge in [0.15, 0.2) is 0 Å². The Labute approximate surface area is 225 Å². The van der Waals surface area contributed by atoms with Crippen LogP contribution in [0.15, 0.2) is 84.7 Å². The number of benzene rings is 3. The number of β-amino-alcohol motifs (C(OH)–C–C–N with tert-alkyl or cyclic N) is 1. The van der Waals surface area contributed by atoms with Gasteiger partial charge in [-0.05, 0) is 78.7 Å². The fraction of sp³-hybridized carbons (Fsp3) is 0.276. The summed E-state index contributed by atoms with van der Waals surface area (Å²) in [6.07, 6.45) is -1.66. The number of aliphatic hydroxyl groups is 1. The minimum atomic E-state index is -4.42. The molecule has 0 amide bonds. The van der Waals surface area contributed by atoms with Gasteiger partial charge in [-0.3, -0.25) is 0 Å². The van der Waals surface area contributed by atoms with Crippen molar-refractivity contribution in [1.82, 2.24) is 4.90 Å². The number of nitriles is 1. The fourth-order valence-corrected chi connectivity index (χ4v) is 4.36. The second-order valence-corrected chi connectivity index (χ2v) is 8.86. The number of aliphatic hydroxyl groups excluding tert-OH is 1. The molecule has 1 atom stereocenters. The van der Waals surface area contributed by atoms with Gasteiger partial charge in [0, 0.05) is 30.7 Å². The molecular formula is C29H29ClF3N3O2. The van der Waals surface area contributed by atoms with Crippen molar-refractivity contribution in [2.75, 3.05) is 24.6 Å². The highest BCUT2D eigenvalue weighted by Gasteiger charge is 2.37. The normalized spacial score (nSPS) is 16.2. The van der Waals surface area contributed by atoms with Crippen molar-refractivity contribution < 1.29 is 23.0 Å². The first kappa shape index (κ1) is 28.9. The molecule has 1 saturated heterocycles. The predicted octanol–water partition coefficient (Wildman–Crippen LogP) is 7.79. The number of alkyl halides is 3. The van der Waals surface area contributed by atoms with Crippen LogP contribution in [-0.2, 0) is 6.18 Å². The van der Waals surface area contributed by atoms with Crippen molar-refractivity contribution in [3.63, 3.8) is 0 Å². The van der Waals surface area contributed by atoms with Gasteiger partial charge in [-0.15, -0.1) is 0 Å². The summed E-state index contributed by atoms with van der Waals surface area (Å²) < 4.78 is 46.2. The molecule has 0 radical (unpaired) electrons. The van der Waals surface area contributed by atoms with E-state index in [0.29, 0.717) is 35.2 Å². The Kier molecular flexibility index (Phi) is 10.1. The number of halogens is 4. The zero-order valence-corrected chi connectivity index (χ0v) is 21.9. The standard InChI is InChI=1S/C27H26ClF3N2O2.C2H3N/c1-2-4-26-32(15-16-34)18-25(19-5-3-6-20(17-19)27(29,30)31)33(26)22-9-13-24(14-10-22)35-23-11-7-21(28)8-12-23;1-2-3/h3-14,17,25,34H,2,15-16,18H2,1H3;1H3/b26-4-;. The van der Waals surface area contributed by atoms with Crippen LogP contribution in [0.25, 0.3) is 0 Å². The Bertz CT molecular complexity index is 1260. The van der Waals surface area contributed by atoms with Crippen LogP contribution < -0.4 is 9.64 Å². The second kappa shape index (κ2) is 13.2. The highest BCUT2D eigenvalue weighted by atomic mass is 35.5. The number of nitrogens with zero attached hydrogens (tertiary/aromatic N) is 3. The number of anilines is 1. The van der Waals surface area contributed by atoms with Gasteiger partial charge >= 0.3 is 6.18 Å². The number of rotatable bonds is 7. The third kappa shape index (κ3) is 7.21. The number of allylic oxidation sites excluding steroid dienone is 1. The molecule has 200 valence electrons. The molecule has 0 spiro atoms. The lowest BCUT2D eigenvalue weighted by Crippen LogP contribution is -2.26. The third-order valence-electron chi connectivity index (χ3n) is 5.80. The van der Waals surface area contributed by atoms with E-state index in [4.69, 9.17) is 21.6 Å². The van der Waals surface area contributed by atoms with Gasteiger partial charge in [0.25, 0.3) is 0 Å². The largest absolute Gasteiger partial charge is 0.457 e. The summed E-state index contributed by atoms with van der Waals surface area (Å²) in [6, 6.07) is 21.3. The van der Waals surface area contributed by atoms with Crippen LogP contribution in [0.3, 0.4) is 0 Å². The molecule has 1 N–H and O–H groups in total. The molecule has 3 aromatic carbocycles. The van der Waals surface area contributed by atoms with E-state index in [-0.39, 0.29) is 12.6 Å². The highest BCUT2D eigenvalue weighted by Crippen LogP contribution is 2.41. The summed E-state index contributed by atoms with van der Waals surface area (Å²) in [5, 5.41) is 17.5. The van der Waals surface area contributed by atoms with Gasteiger partial charge in [0.2, 0.25) is 0 Å². The first-order valence-electron chi connectivity index (χ1n) is 12.1. The fourth-order valence-electron chi connectivity index (χ4n) is 4.23. The zero-order valence-electron chi connectivity index (χ0n) is 21.1. The maximum absolute atomic E-state index is 13.4. The van der Waals surface area contributed by atoms with E-state index in [9.17, 15) is 18.3 Å². The van der Waals surface area contributed by atoms with Crippen molar-refractivity contribution in [2.24, 2.45) is 0 Å². The van der Waals surface area contributed by atoms with Gasteiger partial charge in [0.1, 0.15) is 17.3 Å². The van der Waals surface area contributed by atoms with Crippen molar-refractivity contribution in [1.29, 1.82) is 5.26 Å². The molecule has 4 rings (SSSR count). The molecule has 1 heterocycles. The Morgan fingerprint density at radius 3 is 2.24 bits per heavy atom. The van der Waals surface area contributed by atoms with E-state index in [1.165, 1.54) is 19.1 Å². The van der Waals surface area contributed by atoms with Gasteiger partial charge in [-0.25, -0.2) is 0 Å². The van der Waals surface area contributed by atoms with Gasteiger partial charge in [-0.1, -0.05) is 30.7 Å². The summed E-state index contributed by atoms with van der Waals surface area (Å²) >= 11 is 5.93. The lowest BCUT2D eigenvalue weighted by molar-refractivity contribution is -0.137. The van der Waals surface area contributed by atoms with Crippen molar-refractivity contribution in [3.8, 4) is 17.6 Å². The molecule has 0 saturated carbocycles. The number of hydrogen-bond acceptors (Lipinski definition) is 5. The molecule has 3 aromatic rings. The molecule has 1 fully saturated rings. The molecule has 38 heavy (non-hydrogen) atoms. The summed E-state index contributed by atoms with van der Waals surface area (Å²) in [5.74, 6) is 2.13. The van der Waals surface area contributed by atoms with Crippen molar-refractivity contribution >= 4 is 17.3 Å². The Morgan fingerprint density at radius 1 is 1.08 bits per heavy atom. The predicted molar refractivity (Wildman–Crippen MR) is 143 cm³/mol. The van der Waals surface area contributed by atoms with Gasteiger partial charge in [-0.2, -0.15) is 18.4 Å². The Balaban J connectivity index is 0.00000127.